The maximum absolute atomic E-state index is 12.8. The Hall–Kier alpha value is -2.28. The van der Waals surface area contributed by atoms with Crippen molar-refractivity contribution < 1.29 is 4.79 Å². The van der Waals surface area contributed by atoms with Crippen LogP contribution in [0, 0.1) is 0 Å². The van der Waals surface area contributed by atoms with Crippen LogP contribution in [0.4, 0.5) is 0 Å². The van der Waals surface area contributed by atoms with E-state index in [9.17, 15) is 4.79 Å². The number of carbonyl (C=O) groups excluding carboxylic acids is 1. The van der Waals surface area contributed by atoms with E-state index in [0.717, 1.165) is 42.2 Å². The molecular formula is C19H26N6O. The van der Waals surface area contributed by atoms with Crippen LogP contribution in [0.25, 0.3) is 0 Å². The molecule has 0 aromatic carbocycles. The lowest BCUT2D eigenvalue weighted by atomic mass is 10.1. The van der Waals surface area contributed by atoms with Crippen molar-refractivity contribution in [1.29, 1.82) is 0 Å². The highest BCUT2D eigenvalue weighted by Crippen LogP contribution is 2.29. The number of nitrogens with one attached hydrogen (secondary N) is 1. The second-order valence-corrected chi connectivity index (χ2v) is 7.68. The fourth-order valence-electron chi connectivity index (χ4n) is 3.81. The molecule has 1 fully saturated rings. The van der Waals surface area contributed by atoms with Gasteiger partial charge in [0.25, 0.3) is 5.91 Å². The molecule has 2 aliphatic heterocycles. The van der Waals surface area contributed by atoms with E-state index < -0.39 is 0 Å². The summed E-state index contributed by atoms with van der Waals surface area (Å²) in [6, 6.07) is 2.19. The van der Waals surface area contributed by atoms with Crippen LogP contribution >= 0.6 is 0 Å². The van der Waals surface area contributed by atoms with Gasteiger partial charge in [-0.3, -0.25) is 14.8 Å². The van der Waals surface area contributed by atoms with Crippen molar-refractivity contribution in [1.82, 2.24) is 30.0 Å². The molecule has 26 heavy (non-hydrogen) atoms. The summed E-state index contributed by atoms with van der Waals surface area (Å²) in [7, 11) is 2.14. The highest BCUT2D eigenvalue weighted by molar-refractivity contribution is 5.92. The smallest absolute Gasteiger partial charge is 0.274 e. The summed E-state index contributed by atoms with van der Waals surface area (Å²) >= 11 is 0. The molecule has 2 aromatic heterocycles. The summed E-state index contributed by atoms with van der Waals surface area (Å²) < 4.78 is 0. The van der Waals surface area contributed by atoms with E-state index in [2.05, 4.69) is 41.0 Å². The molecule has 0 aliphatic carbocycles. The van der Waals surface area contributed by atoms with Crippen LogP contribution in [-0.4, -0.2) is 56.0 Å². The lowest BCUT2D eigenvalue weighted by molar-refractivity contribution is 0.0727. The minimum absolute atomic E-state index is 0.0293. The third kappa shape index (κ3) is 3.11. The first-order valence-corrected chi connectivity index (χ1v) is 9.42. The van der Waals surface area contributed by atoms with Crippen LogP contribution < -0.4 is 0 Å². The Labute approximate surface area is 153 Å². The minimum atomic E-state index is -0.0293. The quantitative estimate of drug-likeness (QED) is 0.915. The summed E-state index contributed by atoms with van der Waals surface area (Å²) in [5.41, 5.74) is 3.61. The Morgan fingerprint density at radius 2 is 2.19 bits per heavy atom. The van der Waals surface area contributed by atoms with E-state index in [-0.39, 0.29) is 5.91 Å². The van der Waals surface area contributed by atoms with Gasteiger partial charge >= 0.3 is 0 Å². The normalized spacial score (nSPS) is 20.6. The first kappa shape index (κ1) is 17.1. The maximum Gasteiger partial charge on any atom is 0.274 e. The summed E-state index contributed by atoms with van der Waals surface area (Å²) in [4.78, 5) is 26.4. The first-order valence-electron chi connectivity index (χ1n) is 9.42. The summed E-state index contributed by atoms with van der Waals surface area (Å²) in [5, 5.41) is 7.15. The van der Waals surface area contributed by atoms with Gasteiger partial charge in [0, 0.05) is 37.0 Å². The number of hydrogen-bond acceptors (Lipinski definition) is 5. The summed E-state index contributed by atoms with van der Waals surface area (Å²) in [6.45, 7) is 6.49. The van der Waals surface area contributed by atoms with E-state index in [1.54, 1.807) is 0 Å². The van der Waals surface area contributed by atoms with Crippen LogP contribution in [0.15, 0.2) is 12.3 Å². The molecule has 4 heterocycles. The Balaban J connectivity index is 1.50. The monoisotopic (exact) mass is 354 g/mol. The second-order valence-electron chi connectivity index (χ2n) is 7.68. The number of amides is 1. The van der Waals surface area contributed by atoms with Crippen molar-refractivity contribution in [3.63, 3.8) is 0 Å². The summed E-state index contributed by atoms with van der Waals surface area (Å²) in [6.07, 6.45) is 5.00. The first-order chi connectivity index (χ1) is 12.5. The number of carbonyl (C=O) groups is 1. The average Bonchev–Trinajstić information content (AvgIpc) is 3.29. The van der Waals surface area contributed by atoms with Crippen LogP contribution in [-0.2, 0) is 13.0 Å². The maximum atomic E-state index is 12.8. The lowest BCUT2D eigenvalue weighted by Gasteiger charge is -2.28. The molecule has 4 rings (SSSR count). The van der Waals surface area contributed by atoms with Gasteiger partial charge in [0.1, 0.15) is 11.5 Å². The molecule has 0 bridgehead atoms. The van der Waals surface area contributed by atoms with Crippen LogP contribution in [0.1, 0.15) is 71.9 Å². The SMILES string of the molecule is CC(C)c1cc(C(=O)N2CCc3nc(C4CCCN4C)ncc3C2)n[nH]1. The molecule has 1 amide bonds. The van der Waals surface area contributed by atoms with Crippen molar-refractivity contribution in [2.75, 3.05) is 20.1 Å². The van der Waals surface area contributed by atoms with Gasteiger partial charge in [-0.25, -0.2) is 9.97 Å². The van der Waals surface area contributed by atoms with Gasteiger partial charge in [0.15, 0.2) is 0 Å². The van der Waals surface area contributed by atoms with E-state index in [0.29, 0.717) is 30.7 Å². The highest BCUT2D eigenvalue weighted by Gasteiger charge is 2.28. The number of hydrogen-bond donors (Lipinski definition) is 1. The van der Waals surface area contributed by atoms with Crippen molar-refractivity contribution >= 4 is 5.91 Å². The van der Waals surface area contributed by atoms with E-state index in [1.165, 1.54) is 6.42 Å². The van der Waals surface area contributed by atoms with Gasteiger partial charge in [-0.1, -0.05) is 13.8 Å². The zero-order valence-corrected chi connectivity index (χ0v) is 15.7. The zero-order chi connectivity index (χ0) is 18.3. The predicted octanol–water partition coefficient (Wildman–Crippen LogP) is 2.29. The standard InChI is InChI=1S/C19H26N6O/c1-12(2)15-9-16(23-22-15)19(26)25-8-6-14-13(11-25)10-20-18(21-14)17-5-4-7-24(17)3/h9-10,12,17H,4-8,11H2,1-3H3,(H,22,23). The van der Waals surface area contributed by atoms with Crippen LogP contribution in [0.2, 0.25) is 0 Å². The molecule has 0 saturated carbocycles. The number of nitrogens with zero attached hydrogens (tertiary/aromatic N) is 5. The topological polar surface area (TPSA) is 78.0 Å². The average molecular weight is 354 g/mol. The van der Waals surface area contributed by atoms with E-state index in [1.807, 2.05) is 17.2 Å². The molecule has 7 heteroatoms. The molecule has 0 radical (unpaired) electrons. The number of H-pyrrole nitrogens is 1. The third-order valence-electron chi connectivity index (χ3n) is 5.50. The fourth-order valence-corrected chi connectivity index (χ4v) is 3.81. The minimum Gasteiger partial charge on any atom is -0.332 e. The number of aromatic amines is 1. The number of rotatable bonds is 3. The Morgan fingerprint density at radius 1 is 1.35 bits per heavy atom. The molecule has 2 aliphatic rings. The van der Waals surface area contributed by atoms with Crippen molar-refractivity contribution in [2.24, 2.45) is 0 Å². The van der Waals surface area contributed by atoms with Crippen LogP contribution in [0.5, 0.6) is 0 Å². The number of likely N-dealkylation sites (tertiary alicyclic amines) is 1. The van der Waals surface area contributed by atoms with Crippen molar-refractivity contribution in [3.8, 4) is 0 Å². The Kier molecular flexibility index (Phi) is 4.48. The number of fused-ring (bicyclic) bond motifs is 1. The van der Waals surface area contributed by atoms with Crippen molar-refractivity contribution in [3.05, 3.63) is 40.7 Å². The van der Waals surface area contributed by atoms with Crippen molar-refractivity contribution in [2.45, 2.75) is 51.6 Å². The van der Waals surface area contributed by atoms with Crippen LogP contribution in [0.3, 0.4) is 0 Å². The van der Waals surface area contributed by atoms with Gasteiger partial charge in [-0.2, -0.15) is 5.10 Å². The second kappa shape index (κ2) is 6.79. The fraction of sp³-hybridized carbons (Fsp3) is 0.579. The van der Waals surface area contributed by atoms with Gasteiger partial charge < -0.3 is 4.90 Å². The van der Waals surface area contributed by atoms with Gasteiger partial charge in [0.05, 0.1) is 11.7 Å². The molecular weight excluding hydrogens is 328 g/mol. The van der Waals surface area contributed by atoms with E-state index in [4.69, 9.17) is 4.98 Å². The van der Waals surface area contributed by atoms with Gasteiger partial charge in [-0.15, -0.1) is 0 Å². The zero-order valence-electron chi connectivity index (χ0n) is 15.7. The Bertz CT molecular complexity index is 814. The molecule has 138 valence electrons. The molecule has 1 unspecified atom stereocenters. The lowest BCUT2D eigenvalue weighted by Crippen LogP contribution is -2.37. The highest BCUT2D eigenvalue weighted by atomic mass is 16.2. The molecule has 2 aromatic rings. The van der Waals surface area contributed by atoms with Gasteiger partial charge in [-0.05, 0) is 38.4 Å². The molecule has 1 N–H and O–H groups in total. The largest absolute Gasteiger partial charge is 0.332 e. The number of aromatic nitrogens is 4. The molecule has 1 atom stereocenters. The predicted molar refractivity (Wildman–Crippen MR) is 97.8 cm³/mol. The molecule has 1 saturated heterocycles. The van der Waals surface area contributed by atoms with Gasteiger partial charge in [0.2, 0.25) is 0 Å². The third-order valence-corrected chi connectivity index (χ3v) is 5.50. The Morgan fingerprint density at radius 3 is 2.88 bits per heavy atom. The van der Waals surface area contributed by atoms with E-state index >= 15 is 0 Å². The summed E-state index contributed by atoms with van der Waals surface area (Å²) in [5.74, 6) is 1.22. The molecule has 7 nitrogen and oxygen atoms in total. The molecule has 0 spiro atoms.